The fraction of sp³-hybridized carbons (Fsp3) is 0.125. The van der Waals surface area contributed by atoms with Crippen LogP contribution >= 0.6 is 22.6 Å². The van der Waals surface area contributed by atoms with E-state index < -0.39 is 5.97 Å². The van der Waals surface area contributed by atoms with Crippen molar-refractivity contribution in [2.45, 2.75) is 13.8 Å². The number of hydrogen-bond acceptors (Lipinski definition) is 2. The third-order valence-electron chi connectivity index (χ3n) is 3.31. The molecule has 2 N–H and O–H groups in total. The molecule has 0 atom stereocenters. The van der Waals surface area contributed by atoms with Gasteiger partial charge in [0.1, 0.15) is 0 Å². The van der Waals surface area contributed by atoms with E-state index in [1.807, 2.05) is 48.6 Å². The number of benzene rings is 2. The molecule has 0 aliphatic heterocycles. The molecular formula is C16H14INO3. The van der Waals surface area contributed by atoms with Gasteiger partial charge < -0.3 is 10.4 Å². The van der Waals surface area contributed by atoms with E-state index in [1.54, 1.807) is 18.2 Å². The summed E-state index contributed by atoms with van der Waals surface area (Å²) >= 11 is 2.03. The number of carboxylic acids is 1. The number of carboxylic acid groups (broad SMARTS) is 1. The van der Waals surface area contributed by atoms with Gasteiger partial charge in [-0.15, -0.1) is 0 Å². The Morgan fingerprint density at radius 3 is 2.48 bits per heavy atom. The first-order valence-electron chi connectivity index (χ1n) is 6.30. The molecule has 2 rings (SSSR count). The Morgan fingerprint density at radius 2 is 1.81 bits per heavy atom. The predicted molar refractivity (Wildman–Crippen MR) is 90.0 cm³/mol. The zero-order valence-electron chi connectivity index (χ0n) is 11.6. The maximum absolute atomic E-state index is 12.3. The normalized spacial score (nSPS) is 10.2. The lowest BCUT2D eigenvalue weighted by atomic mass is 10.0. The van der Waals surface area contributed by atoms with Crippen LogP contribution in [0.3, 0.4) is 0 Å². The van der Waals surface area contributed by atoms with E-state index in [0.29, 0.717) is 11.3 Å². The summed E-state index contributed by atoms with van der Waals surface area (Å²) in [4.78, 5) is 23.6. The van der Waals surface area contributed by atoms with Gasteiger partial charge >= 0.3 is 5.97 Å². The number of anilines is 1. The van der Waals surface area contributed by atoms with E-state index in [9.17, 15) is 14.7 Å². The lowest BCUT2D eigenvalue weighted by Crippen LogP contribution is -2.16. The Kier molecular flexibility index (Phi) is 4.62. The van der Waals surface area contributed by atoms with Crippen LogP contribution in [0.25, 0.3) is 0 Å². The Balaban J connectivity index is 2.36. The van der Waals surface area contributed by atoms with Gasteiger partial charge in [-0.25, -0.2) is 4.79 Å². The molecule has 0 bridgehead atoms. The largest absolute Gasteiger partial charge is 0.478 e. The van der Waals surface area contributed by atoms with Crippen LogP contribution < -0.4 is 5.32 Å². The molecule has 0 unspecified atom stereocenters. The summed E-state index contributed by atoms with van der Waals surface area (Å²) in [6.45, 7) is 3.80. The number of nitrogens with one attached hydrogen (secondary N) is 1. The van der Waals surface area contributed by atoms with Gasteiger partial charge in [0.15, 0.2) is 0 Å². The van der Waals surface area contributed by atoms with E-state index in [0.717, 1.165) is 14.7 Å². The Morgan fingerprint density at radius 1 is 1.10 bits per heavy atom. The summed E-state index contributed by atoms with van der Waals surface area (Å²) in [5.74, 6) is -1.37. The topological polar surface area (TPSA) is 66.4 Å². The minimum atomic E-state index is -1.07. The smallest absolute Gasteiger partial charge is 0.337 e. The van der Waals surface area contributed by atoms with Gasteiger partial charge in [0.25, 0.3) is 5.91 Å². The highest BCUT2D eigenvalue weighted by molar-refractivity contribution is 14.1. The van der Waals surface area contributed by atoms with E-state index in [4.69, 9.17) is 0 Å². The minimum absolute atomic E-state index is 0.0838. The van der Waals surface area contributed by atoms with Crippen molar-refractivity contribution in [1.82, 2.24) is 0 Å². The second-order valence-electron chi connectivity index (χ2n) is 4.70. The molecule has 2 aromatic carbocycles. The number of carbonyl (C=O) groups is 2. The fourth-order valence-electron chi connectivity index (χ4n) is 1.99. The van der Waals surface area contributed by atoms with Crippen LogP contribution in [0.2, 0.25) is 0 Å². The van der Waals surface area contributed by atoms with Gasteiger partial charge in [0.05, 0.1) is 11.3 Å². The maximum atomic E-state index is 12.3. The number of rotatable bonds is 3. The summed E-state index contributed by atoms with van der Waals surface area (Å²) in [7, 11) is 0. The van der Waals surface area contributed by atoms with Crippen molar-refractivity contribution < 1.29 is 14.7 Å². The molecular weight excluding hydrogens is 381 g/mol. The average Bonchev–Trinajstić information content (AvgIpc) is 2.43. The van der Waals surface area contributed by atoms with Crippen molar-refractivity contribution in [3.05, 3.63) is 62.2 Å². The van der Waals surface area contributed by atoms with Crippen molar-refractivity contribution in [2.24, 2.45) is 0 Å². The van der Waals surface area contributed by atoms with Gasteiger partial charge in [-0.3, -0.25) is 4.79 Å². The molecule has 5 heteroatoms. The Bertz CT molecular complexity index is 725. The lowest BCUT2D eigenvalue weighted by Gasteiger charge is -2.11. The maximum Gasteiger partial charge on any atom is 0.337 e. The van der Waals surface area contributed by atoms with E-state index in [2.05, 4.69) is 5.32 Å². The zero-order valence-corrected chi connectivity index (χ0v) is 13.8. The first kappa shape index (κ1) is 15.5. The second kappa shape index (κ2) is 6.26. The summed E-state index contributed by atoms with van der Waals surface area (Å²) in [5, 5.41) is 11.9. The van der Waals surface area contributed by atoms with Gasteiger partial charge in [-0.1, -0.05) is 12.1 Å². The molecule has 0 spiro atoms. The fourth-order valence-corrected chi connectivity index (χ4v) is 2.48. The van der Waals surface area contributed by atoms with Gasteiger partial charge in [-0.2, -0.15) is 0 Å². The highest BCUT2D eigenvalue weighted by atomic mass is 127. The molecule has 0 aliphatic rings. The number of halogens is 1. The van der Waals surface area contributed by atoms with Crippen LogP contribution in [0, 0.1) is 17.4 Å². The molecule has 108 valence electrons. The Labute approximate surface area is 136 Å². The zero-order chi connectivity index (χ0) is 15.6. The van der Waals surface area contributed by atoms with Crippen molar-refractivity contribution in [3.8, 4) is 0 Å². The van der Waals surface area contributed by atoms with E-state index in [-0.39, 0.29) is 11.5 Å². The van der Waals surface area contributed by atoms with Crippen LogP contribution in [0.5, 0.6) is 0 Å². The van der Waals surface area contributed by atoms with Crippen LogP contribution in [-0.2, 0) is 0 Å². The SMILES string of the molecule is Cc1cccc(C(=O)Nc2ccc(I)cc2C(=O)O)c1C. The molecule has 0 saturated carbocycles. The highest BCUT2D eigenvalue weighted by Crippen LogP contribution is 2.21. The summed E-state index contributed by atoms with van der Waals surface area (Å²) in [6.07, 6.45) is 0. The summed E-state index contributed by atoms with van der Waals surface area (Å²) in [6, 6.07) is 10.4. The molecule has 4 nitrogen and oxygen atoms in total. The standard InChI is InChI=1S/C16H14INO3/c1-9-4-3-5-12(10(9)2)15(19)18-14-7-6-11(17)8-13(14)16(20)21/h3-8H,1-2H3,(H,18,19)(H,20,21). The van der Waals surface area contributed by atoms with Crippen LogP contribution in [-0.4, -0.2) is 17.0 Å². The summed E-state index contributed by atoms with van der Waals surface area (Å²) < 4.78 is 0.801. The van der Waals surface area contributed by atoms with Gasteiger partial charge in [-0.05, 0) is 71.8 Å². The van der Waals surface area contributed by atoms with Crippen LogP contribution in [0.15, 0.2) is 36.4 Å². The number of carbonyl (C=O) groups excluding carboxylic acids is 1. The van der Waals surface area contributed by atoms with Crippen molar-refractivity contribution in [2.75, 3.05) is 5.32 Å². The molecule has 1 amide bonds. The van der Waals surface area contributed by atoms with E-state index >= 15 is 0 Å². The van der Waals surface area contributed by atoms with Crippen molar-refractivity contribution in [1.29, 1.82) is 0 Å². The van der Waals surface area contributed by atoms with E-state index in [1.165, 1.54) is 6.07 Å². The highest BCUT2D eigenvalue weighted by Gasteiger charge is 2.15. The summed E-state index contributed by atoms with van der Waals surface area (Å²) in [5.41, 5.74) is 2.83. The number of amides is 1. The van der Waals surface area contributed by atoms with Gasteiger partial charge in [0, 0.05) is 9.13 Å². The molecule has 0 saturated heterocycles. The first-order chi connectivity index (χ1) is 9.90. The van der Waals surface area contributed by atoms with Crippen LogP contribution in [0.1, 0.15) is 31.8 Å². The first-order valence-corrected chi connectivity index (χ1v) is 7.38. The second-order valence-corrected chi connectivity index (χ2v) is 5.94. The minimum Gasteiger partial charge on any atom is -0.478 e. The van der Waals surface area contributed by atoms with Crippen LogP contribution in [0.4, 0.5) is 5.69 Å². The predicted octanol–water partition coefficient (Wildman–Crippen LogP) is 3.86. The molecule has 2 aromatic rings. The number of hydrogen-bond donors (Lipinski definition) is 2. The molecule has 0 heterocycles. The van der Waals surface area contributed by atoms with Gasteiger partial charge in [0.2, 0.25) is 0 Å². The quantitative estimate of drug-likeness (QED) is 0.776. The number of aromatic carboxylic acids is 1. The molecule has 0 aromatic heterocycles. The average molecular weight is 395 g/mol. The molecule has 0 aliphatic carbocycles. The monoisotopic (exact) mass is 395 g/mol. The molecule has 0 fully saturated rings. The van der Waals surface area contributed by atoms with Crippen molar-refractivity contribution >= 4 is 40.2 Å². The van der Waals surface area contributed by atoms with Crippen molar-refractivity contribution in [3.63, 3.8) is 0 Å². The molecule has 21 heavy (non-hydrogen) atoms. The lowest BCUT2D eigenvalue weighted by molar-refractivity contribution is 0.0698. The number of aryl methyl sites for hydroxylation is 1. The molecule has 0 radical (unpaired) electrons. The Hall–Kier alpha value is -1.89. The third-order valence-corrected chi connectivity index (χ3v) is 3.98. The third kappa shape index (κ3) is 3.41.